The van der Waals surface area contributed by atoms with Crippen molar-refractivity contribution >= 4 is 11.0 Å². The molecule has 0 radical (unpaired) electrons. The van der Waals surface area contributed by atoms with Crippen LogP contribution < -0.4 is 0 Å². The molecule has 0 unspecified atom stereocenters. The van der Waals surface area contributed by atoms with E-state index in [9.17, 15) is 8.78 Å². The van der Waals surface area contributed by atoms with Gasteiger partial charge < -0.3 is 0 Å². The Labute approximate surface area is 108 Å². The Morgan fingerprint density at radius 3 is 2.47 bits per heavy atom. The third kappa shape index (κ3) is 1.87. The van der Waals surface area contributed by atoms with Crippen LogP contribution in [0.5, 0.6) is 0 Å². The lowest BCUT2D eigenvalue weighted by Gasteiger charge is -2.06. The maximum absolute atomic E-state index is 13.8. The molecule has 3 aromatic rings. The van der Waals surface area contributed by atoms with Gasteiger partial charge in [0.15, 0.2) is 0 Å². The van der Waals surface area contributed by atoms with Gasteiger partial charge in [0.1, 0.15) is 17.2 Å². The average Bonchev–Trinajstić information content (AvgIpc) is 2.82. The van der Waals surface area contributed by atoms with E-state index in [4.69, 9.17) is 0 Å². The van der Waals surface area contributed by atoms with Crippen LogP contribution in [0.15, 0.2) is 36.4 Å². The molecule has 3 nitrogen and oxygen atoms in total. The lowest BCUT2D eigenvalue weighted by Crippen LogP contribution is -2.02. The SMILES string of the molecule is CCc1c(F)cc(-n2nnc3ccccc32)cc1F. The quantitative estimate of drug-likeness (QED) is 0.707. The van der Waals surface area contributed by atoms with Gasteiger partial charge in [-0.1, -0.05) is 24.3 Å². The molecule has 19 heavy (non-hydrogen) atoms. The first-order chi connectivity index (χ1) is 9.20. The summed E-state index contributed by atoms with van der Waals surface area (Å²) in [7, 11) is 0. The van der Waals surface area contributed by atoms with Gasteiger partial charge in [-0.3, -0.25) is 0 Å². The zero-order valence-corrected chi connectivity index (χ0v) is 10.3. The van der Waals surface area contributed by atoms with Crippen LogP contribution >= 0.6 is 0 Å². The van der Waals surface area contributed by atoms with Gasteiger partial charge in [-0.2, -0.15) is 0 Å². The maximum atomic E-state index is 13.8. The first-order valence-corrected chi connectivity index (χ1v) is 5.99. The number of aromatic nitrogens is 3. The van der Waals surface area contributed by atoms with Crippen molar-refractivity contribution in [3.05, 3.63) is 53.6 Å². The van der Waals surface area contributed by atoms with Gasteiger partial charge in [-0.15, -0.1) is 5.10 Å². The third-order valence-corrected chi connectivity index (χ3v) is 3.08. The van der Waals surface area contributed by atoms with Crippen LogP contribution in [0.25, 0.3) is 16.7 Å². The van der Waals surface area contributed by atoms with Crippen LogP contribution in [0.4, 0.5) is 8.78 Å². The molecule has 2 aromatic carbocycles. The Balaban J connectivity index is 2.22. The van der Waals surface area contributed by atoms with Gasteiger partial charge in [0.05, 0.1) is 11.2 Å². The first kappa shape index (κ1) is 11.8. The number of hydrogen-bond acceptors (Lipinski definition) is 2. The number of fused-ring (bicyclic) bond motifs is 1. The van der Waals surface area contributed by atoms with Crippen LogP contribution in [-0.4, -0.2) is 15.0 Å². The molecule has 0 aliphatic carbocycles. The molecule has 0 aliphatic heterocycles. The van der Waals surface area contributed by atoms with E-state index in [1.165, 1.54) is 16.8 Å². The second kappa shape index (κ2) is 4.42. The lowest BCUT2D eigenvalue weighted by atomic mass is 10.1. The summed E-state index contributed by atoms with van der Waals surface area (Å²) >= 11 is 0. The van der Waals surface area contributed by atoms with Crippen molar-refractivity contribution in [3.63, 3.8) is 0 Å². The van der Waals surface area contributed by atoms with E-state index in [1.54, 1.807) is 19.1 Å². The molecular weight excluding hydrogens is 248 g/mol. The number of halogens is 2. The van der Waals surface area contributed by atoms with Crippen molar-refractivity contribution in [1.29, 1.82) is 0 Å². The topological polar surface area (TPSA) is 30.7 Å². The molecule has 0 saturated heterocycles. The molecule has 3 rings (SSSR count). The summed E-state index contributed by atoms with van der Waals surface area (Å²) in [4.78, 5) is 0. The number of hydrogen-bond donors (Lipinski definition) is 0. The summed E-state index contributed by atoms with van der Waals surface area (Å²) in [5, 5.41) is 7.90. The van der Waals surface area contributed by atoms with E-state index in [1.807, 2.05) is 12.1 Å². The molecule has 0 spiro atoms. The van der Waals surface area contributed by atoms with E-state index in [0.717, 1.165) is 0 Å². The lowest BCUT2D eigenvalue weighted by molar-refractivity contribution is 0.556. The van der Waals surface area contributed by atoms with Crippen LogP contribution in [0, 0.1) is 11.6 Å². The molecule has 0 atom stereocenters. The number of para-hydroxylation sites is 1. The van der Waals surface area contributed by atoms with Crippen LogP contribution in [0.1, 0.15) is 12.5 Å². The van der Waals surface area contributed by atoms with E-state index in [0.29, 0.717) is 23.1 Å². The second-order valence-corrected chi connectivity index (χ2v) is 4.23. The molecule has 0 fully saturated rings. The molecule has 5 heteroatoms. The number of benzene rings is 2. The molecule has 96 valence electrons. The largest absolute Gasteiger partial charge is 0.213 e. The van der Waals surface area contributed by atoms with Gasteiger partial charge in [0.2, 0.25) is 0 Å². The van der Waals surface area contributed by atoms with Gasteiger partial charge in [0, 0.05) is 17.7 Å². The van der Waals surface area contributed by atoms with Gasteiger partial charge in [-0.05, 0) is 18.6 Å². The zero-order chi connectivity index (χ0) is 13.4. The van der Waals surface area contributed by atoms with Crippen LogP contribution in [0.3, 0.4) is 0 Å². The van der Waals surface area contributed by atoms with Crippen molar-refractivity contribution < 1.29 is 8.78 Å². The minimum atomic E-state index is -0.558. The van der Waals surface area contributed by atoms with Crippen molar-refractivity contribution in [3.8, 4) is 5.69 Å². The van der Waals surface area contributed by atoms with E-state index in [2.05, 4.69) is 10.3 Å². The Bertz CT molecular complexity index is 726. The summed E-state index contributed by atoms with van der Waals surface area (Å²) in [5.41, 5.74) is 1.82. The maximum Gasteiger partial charge on any atom is 0.131 e. The van der Waals surface area contributed by atoms with Crippen molar-refractivity contribution in [2.75, 3.05) is 0 Å². The number of nitrogens with zero attached hydrogens (tertiary/aromatic N) is 3. The molecule has 0 saturated carbocycles. The van der Waals surface area contributed by atoms with E-state index < -0.39 is 11.6 Å². The zero-order valence-electron chi connectivity index (χ0n) is 10.3. The fraction of sp³-hybridized carbons (Fsp3) is 0.143. The Hall–Kier alpha value is -2.30. The summed E-state index contributed by atoms with van der Waals surface area (Å²) in [6, 6.07) is 9.83. The fourth-order valence-corrected chi connectivity index (χ4v) is 2.11. The monoisotopic (exact) mass is 259 g/mol. The highest BCUT2D eigenvalue weighted by atomic mass is 19.1. The van der Waals surface area contributed by atoms with Gasteiger partial charge in [-0.25, -0.2) is 13.5 Å². The fourth-order valence-electron chi connectivity index (χ4n) is 2.11. The molecule has 1 heterocycles. The van der Waals surface area contributed by atoms with Crippen LogP contribution in [0.2, 0.25) is 0 Å². The van der Waals surface area contributed by atoms with E-state index in [-0.39, 0.29) is 5.56 Å². The molecule has 0 N–H and O–H groups in total. The molecule has 1 aromatic heterocycles. The smallest absolute Gasteiger partial charge is 0.131 e. The Morgan fingerprint density at radius 1 is 1.11 bits per heavy atom. The number of rotatable bonds is 2. The normalized spacial score (nSPS) is 11.1. The molecule has 0 amide bonds. The first-order valence-electron chi connectivity index (χ1n) is 5.99. The van der Waals surface area contributed by atoms with Crippen molar-refractivity contribution in [2.45, 2.75) is 13.3 Å². The average molecular weight is 259 g/mol. The van der Waals surface area contributed by atoms with Crippen molar-refractivity contribution in [1.82, 2.24) is 15.0 Å². The van der Waals surface area contributed by atoms with Gasteiger partial charge in [0.25, 0.3) is 0 Å². The van der Waals surface area contributed by atoms with E-state index >= 15 is 0 Å². The minimum Gasteiger partial charge on any atom is -0.213 e. The second-order valence-electron chi connectivity index (χ2n) is 4.23. The molecule has 0 aliphatic rings. The molecular formula is C14H11F2N3. The Morgan fingerprint density at radius 2 is 1.79 bits per heavy atom. The minimum absolute atomic E-state index is 0.0909. The highest BCUT2D eigenvalue weighted by Crippen LogP contribution is 2.21. The standard InChI is InChI=1S/C14H11F2N3/c1-2-10-11(15)7-9(8-12(10)16)19-14-6-4-3-5-13(14)17-18-19/h3-8H,2H2,1H3. The predicted octanol–water partition coefficient (Wildman–Crippen LogP) is 3.26. The third-order valence-electron chi connectivity index (χ3n) is 3.08. The summed E-state index contributed by atoms with van der Waals surface area (Å²) < 4.78 is 29.0. The molecule has 0 bridgehead atoms. The summed E-state index contributed by atoms with van der Waals surface area (Å²) in [6.07, 6.45) is 0.316. The highest BCUT2D eigenvalue weighted by Gasteiger charge is 2.12. The highest BCUT2D eigenvalue weighted by molar-refractivity contribution is 5.75. The summed E-state index contributed by atoms with van der Waals surface area (Å²) in [6.45, 7) is 1.71. The predicted molar refractivity (Wildman–Crippen MR) is 68.2 cm³/mol. The Kier molecular flexibility index (Phi) is 2.74. The summed E-state index contributed by atoms with van der Waals surface area (Å²) in [5.74, 6) is -1.12. The van der Waals surface area contributed by atoms with Gasteiger partial charge >= 0.3 is 0 Å². The van der Waals surface area contributed by atoms with Crippen molar-refractivity contribution in [2.24, 2.45) is 0 Å². The van der Waals surface area contributed by atoms with Crippen LogP contribution in [-0.2, 0) is 6.42 Å².